The fraction of sp³-hybridized carbons (Fsp3) is 0.483. The van der Waals surface area contributed by atoms with Crippen molar-refractivity contribution in [2.45, 2.75) is 38.8 Å². The molecule has 0 bridgehead atoms. The summed E-state index contributed by atoms with van der Waals surface area (Å²) >= 11 is 6.50. The second-order valence-electron chi connectivity index (χ2n) is 10.8. The monoisotopic (exact) mass is 555 g/mol. The molecule has 2 heterocycles. The summed E-state index contributed by atoms with van der Waals surface area (Å²) in [5.41, 5.74) is 1.89. The average Bonchev–Trinajstić information content (AvgIpc) is 3.36. The number of carbonyl (C=O) groups excluding carboxylic acids is 2. The molecule has 0 spiro atoms. The van der Waals surface area contributed by atoms with Gasteiger partial charge in [-0.25, -0.2) is 9.80 Å². The van der Waals surface area contributed by atoms with E-state index >= 15 is 0 Å². The van der Waals surface area contributed by atoms with Crippen LogP contribution >= 0.6 is 11.6 Å². The van der Waals surface area contributed by atoms with Gasteiger partial charge in [-0.05, 0) is 32.9 Å². The highest BCUT2D eigenvalue weighted by Gasteiger charge is 2.36. The van der Waals surface area contributed by atoms with E-state index in [1.54, 1.807) is 12.0 Å². The van der Waals surface area contributed by atoms with E-state index in [2.05, 4.69) is 10.2 Å². The first-order valence-electron chi connectivity index (χ1n) is 13.3. The van der Waals surface area contributed by atoms with Crippen LogP contribution in [-0.4, -0.2) is 91.0 Å². The van der Waals surface area contributed by atoms with Crippen LogP contribution in [0, 0.1) is 0 Å². The van der Waals surface area contributed by atoms with Gasteiger partial charge in [-0.1, -0.05) is 48.0 Å². The predicted molar refractivity (Wildman–Crippen MR) is 152 cm³/mol. The van der Waals surface area contributed by atoms with E-state index in [0.29, 0.717) is 49.2 Å². The summed E-state index contributed by atoms with van der Waals surface area (Å²) in [5.74, 6) is 0.393. The van der Waals surface area contributed by atoms with Crippen molar-refractivity contribution >= 4 is 29.3 Å². The molecule has 1 atom stereocenters. The van der Waals surface area contributed by atoms with Gasteiger partial charge in [0, 0.05) is 54.3 Å². The molecule has 1 N–H and O–H groups in total. The van der Waals surface area contributed by atoms with Gasteiger partial charge in [0.2, 0.25) is 0 Å². The summed E-state index contributed by atoms with van der Waals surface area (Å²) in [6.07, 6.45) is 0.470. The van der Waals surface area contributed by atoms with Crippen molar-refractivity contribution in [3.8, 4) is 5.75 Å². The molecule has 4 rings (SSSR count). The molecule has 39 heavy (non-hydrogen) atoms. The second-order valence-corrected chi connectivity index (χ2v) is 11.2. The normalized spacial score (nSPS) is 18.0. The van der Waals surface area contributed by atoms with Gasteiger partial charge >= 0.3 is 6.03 Å². The third kappa shape index (κ3) is 7.50. The molecule has 0 aromatic heterocycles. The number of nitrogens with zero attached hydrogens (tertiary/aromatic N) is 4. The lowest BCUT2D eigenvalue weighted by Crippen LogP contribution is -2.53. The first-order chi connectivity index (χ1) is 18.7. The van der Waals surface area contributed by atoms with Crippen molar-refractivity contribution in [1.29, 1.82) is 0 Å². The van der Waals surface area contributed by atoms with Gasteiger partial charge in [0.25, 0.3) is 5.91 Å². The lowest BCUT2D eigenvalue weighted by atomic mass is 9.97. The molecule has 3 amide bonds. The molecule has 0 aliphatic carbocycles. The summed E-state index contributed by atoms with van der Waals surface area (Å²) in [6, 6.07) is 14.4. The van der Waals surface area contributed by atoms with Crippen LogP contribution in [0.3, 0.4) is 0 Å². The SMILES string of the molecule is COc1ccccc1[C@H]1CC(c2ccccc2Cl)=NN1C(=O)CN(CCN1CCOCC1)C(=O)NC(C)(C)C. The van der Waals surface area contributed by atoms with Gasteiger partial charge in [-0.15, -0.1) is 0 Å². The summed E-state index contributed by atoms with van der Waals surface area (Å²) in [5, 5.41) is 9.83. The Balaban J connectivity index is 1.61. The molecule has 2 aliphatic heterocycles. The summed E-state index contributed by atoms with van der Waals surface area (Å²) in [7, 11) is 1.61. The van der Waals surface area contributed by atoms with Crippen molar-refractivity contribution in [2.75, 3.05) is 53.0 Å². The van der Waals surface area contributed by atoms with Gasteiger partial charge < -0.3 is 19.7 Å². The van der Waals surface area contributed by atoms with Gasteiger partial charge in [-0.3, -0.25) is 9.69 Å². The highest BCUT2D eigenvalue weighted by Crippen LogP contribution is 2.38. The molecule has 2 aromatic rings. The molecule has 0 unspecified atom stereocenters. The predicted octanol–water partition coefficient (Wildman–Crippen LogP) is 4.17. The van der Waals surface area contributed by atoms with E-state index in [1.807, 2.05) is 69.3 Å². The first kappa shape index (κ1) is 28.9. The summed E-state index contributed by atoms with van der Waals surface area (Å²) in [4.78, 5) is 31.0. The third-order valence-electron chi connectivity index (χ3n) is 6.73. The number of carbonyl (C=O) groups is 2. The smallest absolute Gasteiger partial charge is 0.318 e. The molecule has 1 saturated heterocycles. The quantitative estimate of drug-likeness (QED) is 0.528. The van der Waals surface area contributed by atoms with Crippen molar-refractivity contribution in [1.82, 2.24) is 20.1 Å². The maximum atomic E-state index is 13.9. The van der Waals surface area contributed by atoms with E-state index in [4.69, 9.17) is 26.2 Å². The number of morpholine rings is 1. The third-order valence-corrected chi connectivity index (χ3v) is 7.06. The van der Waals surface area contributed by atoms with Gasteiger partial charge in [0.1, 0.15) is 12.3 Å². The van der Waals surface area contributed by atoms with E-state index in [9.17, 15) is 9.59 Å². The van der Waals surface area contributed by atoms with Crippen LogP contribution < -0.4 is 10.1 Å². The first-order valence-corrected chi connectivity index (χ1v) is 13.7. The Kier molecular flexibility index (Phi) is 9.48. The summed E-state index contributed by atoms with van der Waals surface area (Å²) in [6.45, 7) is 9.65. The van der Waals surface area contributed by atoms with Crippen LogP contribution in [0.15, 0.2) is 53.6 Å². The fourth-order valence-corrected chi connectivity index (χ4v) is 5.00. The van der Waals surface area contributed by atoms with Crippen LogP contribution in [0.2, 0.25) is 5.02 Å². The van der Waals surface area contributed by atoms with Crippen LogP contribution in [-0.2, 0) is 9.53 Å². The number of nitrogens with one attached hydrogen (secondary N) is 1. The highest BCUT2D eigenvalue weighted by atomic mass is 35.5. The minimum absolute atomic E-state index is 0.114. The van der Waals surface area contributed by atoms with E-state index < -0.39 is 11.6 Å². The van der Waals surface area contributed by atoms with Crippen LogP contribution in [0.5, 0.6) is 5.75 Å². The Bertz CT molecular complexity index is 1190. The average molecular weight is 556 g/mol. The zero-order valence-corrected chi connectivity index (χ0v) is 23.9. The number of benzene rings is 2. The Morgan fingerprint density at radius 2 is 1.82 bits per heavy atom. The Hall–Kier alpha value is -3.14. The zero-order valence-electron chi connectivity index (χ0n) is 23.2. The van der Waals surface area contributed by atoms with Gasteiger partial charge in [-0.2, -0.15) is 5.10 Å². The summed E-state index contributed by atoms with van der Waals surface area (Å²) < 4.78 is 11.1. The number of hydrogen-bond donors (Lipinski definition) is 1. The van der Waals surface area contributed by atoms with E-state index in [0.717, 1.165) is 24.2 Å². The lowest BCUT2D eigenvalue weighted by Gasteiger charge is -2.33. The van der Waals surface area contributed by atoms with E-state index in [1.165, 1.54) is 5.01 Å². The number of ether oxygens (including phenoxy) is 2. The van der Waals surface area contributed by atoms with Gasteiger partial charge in [0.15, 0.2) is 0 Å². The molecule has 2 aliphatic rings. The number of hydrazone groups is 1. The molecule has 2 aromatic carbocycles. The molecular weight excluding hydrogens is 518 g/mol. The van der Waals surface area contributed by atoms with Gasteiger partial charge in [0.05, 0.1) is 32.1 Å². The fourth-order valence-electron chi connectivity index (χ4n) is 4.76. The molecule has 0 radical (unpaired) electrons. The maximum Gasteiger partial charge on any atom is 0.318 e. The molecule has 1 fully saturated rings. The lowest BCUT2D eigenvalue weighted by molar-refractivity contribution is -0.133. The number of methoxy groups -OCH3 is 1. The number of para-hydroxylation sites is 1. The second kappa shape index (κ2) is 12.8. The topological polar surface area (TPSA) is 86.7 Å². The van der Waals surface area contributed by atoms with Crippen molar-refractivity contribution in [3.05, 3.63) is 64.7 Å². The minimum Gasteiger partial charge on any atom is -0.496 e. The van der Waals surface area contributed by atoms with Crippen molar-refractivity contribution < 1.29 is 19.1 Å². The number of urea groups is 1. The number of amides is 3. The minimum atomic E-state index is -0.444. The molecular formula is C29H38ClN5O4. The Morgan fingerprint density at radius 1 is 1.13 bits per heavy atom. The van der Waals surface area contributed by atoms with Crippen molar-refractivity contribution in [3.63, 3.8) is 0 Å². The van der Waals surface area contributed by atoms with Crippen molar-refractivity contribution in [2.24, 2.45) is 5.10 Å². The zero-order chi connectivity index (χ0) is 28.0. The Morgan fingerprint density at radius 3 is 2.51 bits per heavy atom. The molecule has 0 saturated carbocycles. The number of rotatable bonds is 8. The molecule has 9 nitrogen and oxygen atoms in total. The molecule has 10 heteroatoms. The maximum absolute atomic E-state index is 13.9. The highest BCUT2D eigenvalue weighted by molar-refractivity contribution is 6.34. The van der Waals surface area contributed by atoms with Crippen LogP contribution in [0.4, 0.5) is 4.79 Å². The number of hydrogen-bond acceptors (Lipinski definition) is 6. The van der Waals surface area contributed by atoms with Crippen LogP contribution in [0.1, 0.15) is 44.4 Å². The molecule has 210 valence electrons. The Labute approximate surface area is 235 Å². The van der Waals surface area contributed by atoms with E-state index in [-0.39, 0.29) is 18.5 Å². The standard InChI is InChI=1S/C29H38ClN5O4/c1-29(2,3)31-28(37)34(14-13-33-15-17-39-18-16-33)20-27(36)35-25(22-10-6-8-12-26(22)38-4)19-24(32-35)21-9-5-7-11-23(21)30/h5-12,25H,13-20H2,1-4H3,(H,31,37)/t25-/m1/s1. The largest absolute Gasteiger partial charge is 0.496 e. The number of halogens is 1. The van der Waals surface area contributed by atoms with Crippen LogP contribution in [0.25, 0.3) is 0 Å².